The van der Waals surface area contributed by atoms with E-state index in [1.54, 1.807) is 0 Å². The third kappa shape index (κ3) is 6.49. The van der Waals surface area contributed by atoms with Gasteiger partial charge in [-0.15, -0.1) is 0 Å². The second-order valence-electron chi connectivity index (χ2n) is 2.54. The van der Waals surface area contributed by atoms with Crippen LogP contribution in [0.2, 0.25) is 0 Å². The number of hydrogen-bond donors (Lipinski definition) is 2. The van der Waals surface area contributed by atoms with Gasteiger partial charge in [-0.2, -0.15) is 12.6 Å². The number of carbonyl (C=O) groups is 1. The maximum atomic E-state index is 10.9. The van der Waals surface area contributed by atoms with Crippen molar-refractivity contribution in [3.8, 4) is 0 Å². The highest BCUT2D eigenvalue weighted by atomic mass is 32.1. The van der Waals surface area contributed by atoms with Crippen molar-refractivity contribution in [1.82, 2.24) is 5.32 Å². The summed E-state index contributed by atoms with van der Waals surface area (Å²) in [5.74, 6) is 0.631. The molecule has 0 aliphatic heterocycles. The van der Waals surface area contributed by atoms with Crippen molar-refractivity contribution in [2.24, 2.45) is 0 Å². The van der Waals surface area contributed by atoms with Crippen LogP contribution in [0.15, 0.2) is 0 Å². The molecule has 0 rings (SSSR count). The average molecular weight is 191 g/mol. The van der Waals surface area contributed by atoms with Gasteiger partial charge in [-0.1, -0.05) is 0 Å². The Balaban J connectivity index is 3.33. The highest BCUT2D eigenvalue weighted by molar-refractivity contribution is 7.80. The van der Waals surface area contributed by atoms with E-state index < -0.39 is 0 Å². The minimum absolute atomic E-state index is 0.0385. The van der Waals surface area contributed by atoms with Gasteiger partial charge in [0, 0.05) is 19.6 Å². The first-order chi connectivity index (χ1) is 5.70. The Bertz CT molecular complexity index is 130. The molecule has 4 heteroatoms. The van der Waals surface area contributed by atoms with Gasteiger partial charge >= 0.3 is 0 Å². The summed E-state index contributed by atoms with van der Waals surface area (Å²) in [5.41, 5.74) is 0. The Kier molecular flexibility index (Phi) is 7.29. The Morgan fingerprint density at radius 3 is 2.83 bits per heavy atom. The SMILES string of the molecule is CCOC(C)CNC(=O)CCS. The zero-order valence-electron chi connectivity index (χ0n) is 7.67. The molecule has 0 spiro atoms. The van der Waals surface area contributed by atoms with E-state index in [1.807, 2.05) is 13.8 Å². The van der Waals surface area contributed by atoms with Gasteiger partial charge in [0.1, 0.15) is 0 Å². The molecule has 0 radical (unpaired) electrons. The molecule has 12 heavy (non-hydrogen) atoms. The number of thiol groups is 1. The van der Waals surface area contributed by atoms with Crippen molar-refractivity contribution in [2.45, 2.75) is 26.4 Å². The second kappa shape index (κ2) is 7.43. The normalized spacial score (nSPS) is 12.6. The molecule has 0 saturated heterocycles. The largest absolute Gasteiger partial charge is 0.377 e. The van der Waals surface area contributed by atoms with Gasteiger partial charge in [0.05, 0.1) is 6.10 Å². The van der Waals surface area contributed by atoms with Crippen molar-refractivity contribution < 1.29 is 9.53 Å². The Hall–Kier alpha value is -0.220. The first-order valence-corrected chi connectivity index (χ1v) is 4.83. The van der Waals surface area contributed by atoms with Gasteiger partial charge in [0.15, 0.2) is 0 Å². The maximum absolute atomic E-state index is 10.9. The van der Waals surface area contributed by atoms with Crippen molar-refractivity contribution in [3.63, 3.8) is 0 Å². The van der Waals surface area contributed by atoms with E-state index >= 15 is 0 Å². The first-order valence-electron chi connectivity index (χ1n) is 4.19. The molecule has 0 heterocycles. The molecule has 1 atom stereocenters. The monoisotopic (exact) mass is 191 g/mol. The minimum Gasteiger partial charge on any atom is -0.377 e. The van der Waals surface area contributed by atoms with E-state index in [2.05, 4.69) is 17.9 Å². The highest BCUT2D eigenvalue weighted by Crippen LogP contribution is 1.89. The van der Waals surface area contributed by atoms with E-state index in [4.69, 9.17) is 4.74 Å². The number of nitrogens with one attached hydrogen (secondary N) is 1. The Morgan fingerprint density at radius 1 is 1.67 bits per heavy atom. The van der Waals surface area contributed by atoms with Crippen molar-refractivity contribution in [2.75, 3.05) is 18.9 Å². The number of amides is 1. The summed E-state index contributed by atoms with van der Waals surface area (Å²) in [4.78, 5) is 10.9. The summed E-state index contributed by atoms with van der Waals surface area (Å²) in [6.07, 6.45) is 0.570. The van der Waals surface area contributed by atoms with Crippen LogP contribution in [0.3, 0.4) is 0 Å². The van der Waals surface area contributed by atoms with Crippen molar-refractivity contribution in [3.05, 3.63) is 0 Å². The molecule has 0 aliphatic rings. The lowest BCUT2D eigenvalue weighted by Crippen LogP contribution is -2.32. The fourth-order valence-corrected chi connectivity index (χ4v) is 0.994. The summed E-state index contributed by atoms with van der Waals surface area (Å²) in [5, 5.41) is 2.76. The van der Waals surface area contributed by atoms with Gasteiger partial charge in [-0.05, 0) is 19.6 Å². The minimum atomic E-state index is 0.0385. The van der Waals surface area contributed by atoms with Crippen LogP contribution in [0.1, 0.15) is 20.3 Å². The lowest BCUT2D eigenvalue weighted by molar-refractivity contribution is -0.121. The molecule has 0 fully saturated rings. The van der Waals surface area contributed by atoms with Crippen LogP contribution >= 0.6 is 12.6 Å². The molecule has 0 aromatic rings. The fourth-order valence-electron chi connectivity index (χ4n) is 0.791. The van der Waals surface area contributed by atoms with E-state index in [9.17, 15) is 4.79 Å². The van der Waals surface area contributed by atoms with Crippen LogP contribution in [0.4, 0.5) is 0 Å². The number of hydrogen-bond acceptors (Lipinski definition) is 3. The van der Waals surface area contributed by atoms with Crippen LogP contribution in [0.5, 0.6) is 0 Å². The highest BCUT2D eigenvalue weighted by Gasteiger charge is 2.03. The van der Waals surface area contributed by atoms with Crippen LogP contribution in [-0.4, -0.2) is 30.9 Å². The molecule has 0 aromatic carbocycles. The van der Waals surface area contributed by atoms with Gasteiger partial charge in [0.2, 0.25) is 5.91 Å². The topological polar surface area (TPSA) is 38.3 Å². The predicted octanol–water partition coefficient (Wildman–Crippen LogP) is 0.847. The molecule has 1 N–H and O–H groups in total. The molecule has 0 bridgehead atoms. The first kappa shape index (κ1) is 11.8. The quantitative estimate of drug-likeness (QED) is 0.611. The van der Waals surface area contributed by atoms with Crippen molar-refractivity contribution in [1.29, 1.82) is 0 Å². The standard InChI is InChI=1S/C8H17NO2S/c1-3-11-7(2)6-9-8(10)4-5-12/h7,12H,3-6H2,1-2H3,(H,9,10). The number of rotatable bonds is 6. The number of carbonyl (C=O) groups excluding carboxylic acids is 1. The van der Waals surface area contributed by atoms with Gasteiger partial charge in [0.25, 0.3) is 0 Å². The summed E-state index contributed by atoms with van der Waals surface area (Å²) < 4.78 is 5.24. The van der Waals surface area contributed by atoms with E-state index in [1.165, 1.54) is 0 Å². The van der Waals surface area contributed by atoms with E-state index in [-0.39, 0.29) is 12.0 Å². The molecule has 1 amide bonds. The third-order valence-electron chi connectivity index (χ3n) is 1.38. The lowest BCUT2D eigenvalue weighted by atomic mass is 10.3. The molecule has 0 aromatic heterocycles. The van der Waals surface area contributed by atoms with Gasteiger partial charge < -0.3 is 10.1 Å². The summed E-state index contributed by atoms with van der Waals surface area (Å²) in [7, 11) is 0. The summed E-state index contributed by atoms with van der Waals surface area (Å²) in [6, 6.07) is 0. The zero-order valence-corrected chi connectivity index (χ0v) is 8.56. The van der Waals surface area contributed by atoms with Gasteiger partial charge in [-0.3, -0.25) is 4.79 Å². The van der Waals surface area contributed by atoms with Gasteiger partial charge in [-0.25, -0.2) is 0 Å². The molecule has 0 saturated carbocycles. The molecule has 0 aliphatic carbocycles. The number of ether oxygens (including phenoxy) is 1. The smallest absolute Gasteiger partial charge is 0.220 e. The molecule has 72 valence electrons. The average Bonchev–Trinajstić information content (AvgIpc) is 2.02. The zero-order chi connectivity index (χ0) is 9.40. The van der Waals surface area contributed by atoms with Crippen LogP contribution in [-0.2, 0) is 9.53 Å². The second-order valence-corrected chi connectivity index (χ2v) is 2.99. The van der Waals surface area contributed by atoms with Crippen LogP contribution in [0, 0.1) is 0 Å². The lowest BCUT2D eigenvalue weighted by Gasteiger charge is -2.11. The summed E-state index contributed by atoms with van der Waals surface area (Å²) in [6.45, 7) is 5.14. The summed E-state index contributed by atoms with van der Waals surface area (Å²) >= 11 is 3.95. The molecule has 3 nitrogen and oxygen atoms in total. The van der Waals surface area contributed by atoms with Crippen LogP contribution in [0.25, 0.3) is 0 Å². The Morgan fingerprint density at radius 2 is 2.33 bits per heavy atom. The van der Waals surface area contributed by atoms with E-state index in [0.717, 1.165) is 0 Å². The molecule has 1 unspecified atom stereocenters. The molecular weight excluding hydrogens is 174 g/mol. The fraction of sp³-hybridized carbons (Fsp3) is 0.875. The third-order valence-corrected chi connectivity index (χ3v) is 1.60. The Labute approximate surface area is 79.3 Å². The maximum Gasteiger partial charge on any atom is 0.220 e. The van der Waals surface area contributed by atoms with E-state index in [0.29, 0.717) is 25.3 Å². The molecular formula is C8H17NO2S. The van der Waals surface area contributed by atoms with Crippen molar-refractivity contribution >= 4 is 18.5 Å². The van der Waals surface area contributed by atoms with Crippen LogP contribution < -0.4 is 5.32 Å². The predicted molar refractivity (Wildman–Crippen MR) is 52.6 cm³/mol.